The van der Waals surface area contributed by atoms with E-state index in [1.165, 1.54) is 5.66 Å². The normalized spacial score (nSPS) is 16.8. The third kappa shape index (κ3) is 3.07. The van der Waals surface area contributed by atoms with Crippen LogP contribution >= 0.6 is 0 Å². The van der Waals surface area contributed by atoms with Crippen LogP contribution in [0.1, 0.15) is 27.7 Å². The van der Waals surface area contributed by atoms with Crippen molar-refractivity contribution in [3.63, 3.8) is 0 Å². The van der Waals surface area contributed by atoms with Crippen molar-refractivity contribution in [3.8, 4) is 0 Å². The second-order valence-electron chi connectivity index (χ2n) is 4.70. The van der Waals surface area contributed by atoms with Gasteiger partial charge in [-0.2, -0.15) is 0 Å². The van der Waals surface area contributed by atoms with Crippen LogP contribution in [0.5, 0.6) is 0 Å². The van der Waals surface area contributed by atoms with Gasteiger partial charge in [0.15, 0.2) is 0 Å². The summed E-state index contributed by atoms with van der Waals surface area (Å²) in [6.45, 7) is 9.18. The van der Waals surface area contributed by atoms with Gasteiger partial charge in [0.05, 0.1) is 0 Å². The van der Waals surface area contributed by atoms with Crippen molar-refractivity contribution in [1.82, 2.24) is 0 Å². The minimum absolute atomic E-state index is 0.406. The summed E-state index contributed by atoms with van der Waals surface area (Å²) >= 11 is 0. The van der Waals surface area contributed by atoms with Crippen molar-refractivity contribution in [1.29, 1.82) is 0 Å². The predicted molar refractivity (Wildman–Crippen MR) is 62.9 cm³/mol. The first-order valence-electron chi connectivity index (χ1n) is 5.01. The molecule has 1 heterocycles. The Bertz CT molecular complexity index is 231. The van der Waals surface area contributed by atoms with E-state index in [-0.39, 0.29) is 0 Å². The van der Waals surface area contributed by atoms with Crippen molar-refractivity contribution in [2.75, 3.05) is 0 Å². The van der Waals surface area contributed by atoms with E-state index in [4.69, 9.17) is 4.43 Å². The van der Waals surface area contributed by atoms with Crippen LogP contribution in [0.4, 0.5) is 0 Å². The molecule has 3 heteroatoms. The first kappa shape index (κ1) is 10.6. The van der Waals surface area contributed by atoms with E-state index in [0.29, 0.717) is 11.0 Å². The molecule has 1 nitrogen and oxygen atoms in total. The zero-order valence-electron chi connectivity index (χ0n) is 9.13. The van der Waals surface area contributed by atoms with Crippen LogP contribution < -0.4 is 0 Å². The molecular formula is C10H19BOSi. The van der Waals surface area contributed by atoms with Gasteiger partial charge >= 0.3 is 0 Å². The molecule has 0 saturated carbocycles. The standard InChI is InChI=1S/C10H19BOSi/c1-8(2)10(3,4)13-12-9-6-5-7-11-9/h5-8,11H,13H2,1-4H3. The molecule has 0 aromatic rings. The minimum atomic E-state index is -0.446. The molecule has 0 unspecified atom stereocenters. The number of allylic oxidation sites excluding steroid dienone is 2. The summed E-state index contributed by atoms with van der Waals surface area (Å²) in [5, 5.41) is 0.406. The van der Waals surface area contributed by atoms with Crippen LogP contribution in [0.15, 0.2) is 23.8 Å². The summed E-state index contributed by atoms with van der Waals surface area (Å²) in [5.41, 5.74) is 1.17. The predicted octanol–water partition coefficient (Wildman–Crippen LogP) is 1.75. The molecule has 0 bridgehead atoms. The Hall–Kier alpha value is -0.438. The minimum Gasteiger partial charge on any atom is -0.560 e. The molecule has 0 aliphatic carbocycles. The Kier molecular flexibility index (Phi) is 3.42. The van der Waals surface area contributed by atoms with E-state index in [9.17, 15) is 0 Å². The molecule has 1 rings (SSSR count). The Balaban J connectivity index is 2.33. The number of hydrogen-bond donors (Lipinski definition) is 0. The average Bonchev–Trinajstić information content (AvgIpc) is 2.52. The molecule has 72 valence electrons. The summed E-state index contributed by atoms with van der Waals surface area (Å²) in [7, 11) is 0.555. The van der Waals surface area contributed by atoms with E-state index in [0.717, 1.165) is 7.28 Å². The topological polar surface area (TPSA) is 9.23 Å². The van der Waals surface area contributed by atoms with Crippen molar-refractivity contribution in [2.45, 2.75) is 32.7 Å². The fourth-order valence-corrected chi connectivity index (χ4v) is 2.08. The molecule has 0 atom stereocenters. The van der Waals surface area contributed by atoms with Gasteiger partial charge in [-0.05, 0) is 17.0 Å². The van der Waals surface area contributed by atoms with Crippen molar-refractivity contribution >= 4 is 17.0 Å². The lowest BCUT2D eigenvalue weighted by atomic mass is 9.80. The van der Waals surface area contributed by atoms with E-state index in [1.807, 2.05) is 0 Å². The Morgan fingerprint density at radius 2 is 2.15 bits per heavy atom. The van der Waals surface area contributed by atoms with Crippen LogP contribution in [-0.2, 0) is 4.43 Å². The maximum Gasteiger partial charge on any atom is 0.226 e. The average molecular weight is 194 g/mol. The van der Waals surface area contributed by atoms with Crippen molar-refractivity contribution in [2.24, 2.45) is 5.92 Å². The lowest BCUT2D eigenvalue weighted by Crippen LogP contribution is -2.22. The Morgan fingerprint density at radius 1 is 1.46 bits per heavy atom. The van der Waals surface area contributed by atoms with Crippen LogP contribution in [0.2, 0.25) is 5.04 Å². The van der Waals surface area contributed by atoms with Crippen LogP contribution in [0.3, 0.4) is 0 Å². The van der Waals surface area contributed by atoms with Gasteiger partial charge in [0.25, 0.3) is 0 Å². The van der Waals surface area contributed by atoms with E-state index >= 15 is 0 Å². The zero-order valence-corrected chi connectivity index (χ0v) is 10.5. The molecule has 1 aliphatic heterocycles. The molecule has 0 aromatic heterocycles. The number of hydrogen-bond acceptors (Lipinski definition) is 1. The summed E-state index contributed by atoms with van der Waals surface area (Å²) in [6.07, 6.45) is 4.16. The van der Waals surface area contributed by atoms with Crippen LogP contribution in [0, 0.1) is 5.92 Å². The molecule has 0 N–H and O–H groups in total. The maximum absolute atomic E-state index is 5.87. The molecular weight excluding hydrogens is 175 g/mol. The molecule has 0 amide bonds. The highest BCUT2D eigenvalue weighted by molar-refractivity contribution is 6.53. The van der Waals surface area contributed by atoms with E-state index in [1.54, 1.807) is 0 Å². The largest absolute Gasteiger partial charge is 0.560 e. The van der Waals surface area contributed by atoms with Gasteiger partial charge < -0.3 is 4.43 Å². The Morgan fingerprint density at radius 3 is 2.62 bits per heavy atom. The monoisotopic (exact) mass is 194 g/mol. The fourth-order valence-electron chi connectivity index (χ4n) is 0.980. The summed E-state index contributed by atoms with van der Waals surface area (Å²) in [6, 6.07) is 0. The van der Waals surface area contributed by atoms with Crippen molar-refractivity contribution < 1.29 is 4.43 Å². The molecule has 1 aliphatic rings. The summed E-state index contributed by atoms with van der Waals surface area (Å²) in [4.78, 5) is 0. The van der Waals surface area contributed by atoms with Gasteiger partial charge in [-0.1, -0.05) is 33.8 Å². The smallest absolute Gasteiger partial charge is 0.226 e. The lowest BCUT2D eigenvalue weighted by Gasteiger charge is -2.28. The summed E-state index contributed by atoms with van der Waals surface area (Å²) in [5.74, 6) is 2.86. The highest BCUT2D eigenvalue weighted by atomic mass is 28.2. The Labute approximate surface area is 84.4 Å². The second kappa shape index (κ2) is 4.18. The third-order valence-electron chi connectivity index (χ3n) is 2.93. The van der Waals surface area contributed by atoms with E-state index in [2.05, 4.69) is 45.8 Å². The fraction of sp³-hybridized carbons (Fsp3) is 0.600. The highest BCUT2D eigenvalue weighted by Crippen LogP contribution is 2.33. The van der Waals surface area contributed by atoms with Gasteiger partial charge in [0, 0.05) is 5.66 Å². The third-order valence-corrected chi connectivity index (χ3v) is 5.01. The van der Waals surface area contributed by atoms with Gasteiger partial charge in [-0.25, -0.2) is 0 Å². The number of rotatable bonds is 4. The molecule has 0 spiro atoms. The van der Waals surface area contributed by atoms with Crippen molar-refractivity contribution in [3.05, 3.63) is 23.8 Å². The quantitative estimate of drug-likeness (QED) is 0.619. The maximum atomic E-state index is 5.87. The highest BCUT2D eigenvalue weighted by Gasteiger charge is 2.24. The second-order valence-corrected chi connectivity index (χ2v) is 7.10. The molecule has 13 heavy (non-hydrogen) atoms. The molecule has 0 aromatic carbocycles. The first-order chi connectivity index (χ1) is 6.02. The van der Waals surface area contributed by atoms with E-state index < -0.39 is 9.76 Å². The molecule has 0 fully saturated rings. The van der Waals surface area contributed by atoms with Crippen LogP contribution in [0.25, 0.3) is 0 Å². The lowest BCUT2D eigenvalue weighted by molar-refractivity contribution is 0.395. The zero-order chi connectivity index (χ0) is 9.90. The van der Waals surface area contributed by atoms with Gasteiger partial charge in [-0.15, -0.1) is 5.98 Å². The molecule has 0 saturated heterocycles. The SMILES string of the molecule is CC(C)C(C)(C)[SiH2]OC1=CC=CB1. The van der Waals surface area contributed by atoms with Crippen LogP contribution in [-0.4, -0.2) is 17.0 Å². The first-order valence-corrected chi connectivity index (χ1v) is 6.29. The molecule has 0 radical (unpaired) electrons. The van der Waals surface area contributed by atoms with Gasteiger partial charge in [-0.3, -0.25) is 0 Å². The van der Waals surface area contributed by atoms with Gasteiger partial charge in [0.1, 0.15) is 0 Å². The van der Waals surface area contributed by atoms with Gasteiger partial charge in [0.2, 0.25) is 17.0 Å². The summed E-state index contributed by atoms with van der Waals surface area (Å²) < 4.78 is 5.87.